The SMILES string of the molecule is O=C(O)C1=C(SCc2cn[nH]n2)CSC2CC(=O)N12. The lowest BCUT2D eigenvalue weighted by atomic mass is 10.1. The fourth-order valence-electron chi connectivity index (χ4n) is 1.95. The van der Waals surface area contributed by atoms with Gasteiger partial charge in [-0.15, -0.1) is 23.5 Å². The number of carboxylic acids is 1. The van der Waals surface area contributed by atoms with Gasteiger partial charge < -0.3 is 5.11 Å². The first-order valence-electron chi connectivity index (χ1n) is 5.54. The van der Waals surface area contributed by atoms with E-state index in [1.54, 1.807) is 18.0 Å². The van der Waals surface area contributed by atoms with Crippen LogP contribution in [-0.4, -0.2) is 48.4 Å². The van der Waals surface area contributed by atoms with Crippen molar-refractivity contribution in [2.45, 2.75) is 17.5 Å². The molecule has 1 fully saturated rings. The zero-order valence-corrected chi connectivity index (χ0v) is 11.3. The predicted octanol–water partition coefficient (Wildman–Crippen LogP) is 0.639. The van der Waals surface area contributed by atoms with E-state index in [4.69, 9.17) is 0 Å². The van der Waals surface area contributed by atoms with E-state index in [0.29, 0.717) is 22.8 Å². The molecule has 3 rings (SSSR count). The lowest BCUT2D eigenvalue weighted by Gasteiger charge is -2.43. The van der Waals surface area contributed by atoms with Crippen molar-refractivity contribution in [3.8, 4) is 0 Å². The second kappa shape index (κ2) is 4.89. The number of carbonyl (C=O) groups excluding carboxylic acids is 1. The number of amides is 1. The van der Waals surface area contributed by atoms with Crippen LogP contribution >= 0.6 is 23.5 Å². The normalized spacial score (nSPS) is 22.2. The maximum atomic E-state index is 11.5. The van der Waals surface area contributed by atoms with Gasteiger partial charge in [0.15, 0.2) is 0 Å². The predicted molar refractivity (Wildman–Crippen MR) is 70.0 cm³/mol. The molecule has 2 N–H and O–H groups in total. The van der Waals surface area contributed by atoms with Crippen LogP contribution in [-0.2, 0) is 15.3 Å². The van der Waals surface area contributed by atoms with Gasteiger partial charge in [-0.25, -0.2) is 4.79 Å². The topological polar surface area (TPSA) is 99.2 Å². The molecule has 1 atom stereocenters. The maximum absolute atomic E-state index is 11.5. The summed E-state index contributed by atoms with van der Waals surface area (Å²) in [5.41, 5.74) is 0.887. The smallest absolute Gasteiger partial charge is 0.353 e. The van der Waals surface area contributed by atoms with Crippen molar-refractivity contribution >= 4 is 35.4 Å². The summed E-state index contributed by atoms with van der Waals surface area (Å²) >= 11 is 3.00. The highest BCUT2D eigenvalue weighted by molar-refractivity contribution is 8.05. The third kappa shape index (κ3) is 2.23. The number of fused-ring (bicyclic) bond motifs is 1. The number of aromatic nitrogens is 3. The maximum Gasteiger partial charge on any atom is 0.353 e. The Balaban J connectivity index is 1.81. The molecule has 2 aliphatic rings. The monoisotopic (exact) mass is 298 g/mol. The second-order valence-electron chi connectivity index (χ2n) is 4.06. The van der Waals surface area contributed by atoms with Crippen LogP contribution in [0.4, 0.5) is 0 Å². The molecule has 19 heavy (non-hydrogen) atoms. The first-order chi connectivity index (χ1) is 9.16. The van der Waals surface area contributed by atoms with E-state index in [-0.39, 0.29) is 17.0 Å². The van der Waals surface area contributed by atoms with Crippen LogP contribution in [0.1, 0.15) is 12.1 Å². The number of nitrogens with one attached hydrogen (secondary N) is 1. The summed E-state index contributed by atoms with van der Waals surface area (Å²) < 4.78 is 0. The minimum Gasteiger partial charge on any atom is -0.477 e. The minimum absolute atomic E-state index is 0.00463. The largest absolute Gasteiger partial charge is 0.477 e. The summed E-state index contributed by atoms with van der Waals surface area (Å²) in [6.45, 7) is 0. The van der Waals surface area contributed by atoms with Crippen molar-refractivity contribution in [3.63, 3.8) is 0 Å². The number of H-pyrrole nitrogens is 1. The molecule has 2 aliphatic heterocycles. The number of hydrogen-bond donors (Lipinski definition) is 2. The number of carboxylic acid groups (broad SMARTS) is 1. The molecule has 1 unspecified atom stereocenters. The van der Waals surface area contributed by atoms with E-state index >= 15 is 0 Å². The number of nitrogens with zero attached hydrogens (tertiary/aromatic N) is 3. The first kappa shape index (κ1) is 12.5. The Morgan fingerprint density at radius 2 is 2.53 bits per heavy atom. The lowest BCUT2D eigenvalue weighted by Crippen LogP contribution is -2.53. The highest BCUT2D eigenvalue weighted by Gasteiger charge is 2.45. The van der Waals surface area contributed by atoms with Crippen molar-refractivity contribution in [1.29, 1.82) is 0 Å². The van der Waals surface area contributed by atoms with Crippen LogP contribution in [0.5, 0.6) is 0 Å². The number of carbonyl (C=O) groups is 2. The molecule has 0 saturated carbocycles. The summed E-state index contributed by atoms with van der Waals surface area (Å²) in [4.78, 5) is 25.0. The van der Waals surface area contributed by atoms with Crippen molar-refractivity contribution in [1.82, 2.24) is 20.3 Å². The average Bonchev–Trinajstić information content (AvgIpc) is 2.88. The van der Waals surface area contributed by atoms with E-state index in [1.807, 2.05) is 0 Å². The fraction of sp³-hybridized carbons (Fsp3) is 0.400. The van der Waals surface area contributed by atoms with Gasteiger partial charge in [0.1, 0.15) is 5.70 Å². The van der Waals surface area contributed by atoms with E-state index in [1.165, 1.54) is 16.7 Å². The van der Waals surface area contributed by atoms with Gasteiger partial charge >= 0.3 is 5.97 Å². The van der Waals surface area contributed by atoms with E-state index in [9.17, 15) is 14.7 Å². The summed E-state index contributed by atoms with van der Waals surface area (Å²) in [5, 5.41) is 19.4. The molecular formula is C10H10N4O3S2. The number of aromatic amines is 1. The van der Waals surface area contributed by atoms with Crippen LogP contribution in [0, 0.1) is 0 Å². The van der Waals surface area contributed by atoms with Crippen LogP contribution in [0.3, 0.4) is 0 Å². The first-order valence-corrected chi connectivity index (χ1v) is 7.58. The van der Waals surface area contributed by atoms with Gasteiger partial charge in [0.25, 0.3) is 0 Å². The van der Waals surface area contributed by atoms with Gasteiger partial charge in [0.2, 0.25) is 5.91 Å². The Morgan fingerprint density at radius 1 is 1.68 bits per heavy atom. The van der Waals surface area contributed by atoms with Crippen molar-refractivity contribution in [2.75, 3.05) is 5.75 Å². The number of hydrogen-bond acceptors (Lipinski definition) is 6. The van der Waals surface area contributed by atoms with Crippen LogP contribution in [0.25, 0.3) is 0 Å². The van der Waals surface area contributed by atoms with Crippen molar-refractivity contribution < 1.29 is 14.7 Å². The average molecular weight is 298 g/mol. The zero-order valence-electron chi connectivity index (χ0n) is 9.70. The molecule has 0 aliphatic carbocycles. The Labute approximate surface area is 116 Å². The van der Waals surface area contributed by atoms with Gasteiger partial charge in [-0.2, -0.15) is 15.4 Å². The number of aliphatic carboxylic acids is 1. The number of thioether (sulfide) groups is 2. The molecular weight excluding hydrogens is 288 g/mol. The van der Waals surface area contributed by atoms with E-state index in [0.717, 1.165) is 5.69 Å². The molecule has 1 aromatic rings. The van der Waals surface area contributed by atoms with Crippen LogP contribution in [0.15, 0.2) is 16.8 Å². The molecule has 0 bridgehead atoms. The molecule has 1 saturated heterocycles. The number of β-lactam (4-membered cyclic amide) rings is 1. The molecule has 0 aromatic carbocycles. The second-order valence-corrected chi connectivity index (χ2v) is 6.30. The summed E-state index contributed by atoms with van der Waals surface area (Å²) in [7, 11) is 0. The molecule has 7 nitrogen and oxygen atoms in total. The molecule has 1 aromatic heterocycles. The molecule has 1 amide bonds. The molecule has 9 heteroatoms. The molecule has 3 heterocycles. The van der Waals surface area contributed by atoms with Gasteiger partial charge in [-0.3, -0.25) is 9.69 Å². The van der Waals surface area contributed by atoms with Gasteiger partial charge in [0, 0.05) is 16.4 Å². The standard InChI is InChI=1S/C10H10N4O3S2/c15-7-1-8-14(7)9(10(16)17)6(4-19-8)18-3-5-2-11-13-12-5/h2,8H,1,3-4H2,(H,16,17)(H,11,12,13). The Kier molecular flexibility index (Phi) is 3.23. The minimum atomic E-state index is -1.04. The van der Waals surface area contributed by atoms with Gasteiger partial charge in [-0.05, 0) is 0 Å². The highest BCUT2D eigenvalue weighted by atomic mass is 32.2. The lowest BCUT2D eigenvalue weighted by molar-refractivity contribution is -0.146. The van der Waals surface area contributed by atoms with Gasteiger partial charge in [0.05, 0.1) is 23.7 Å². The fourth-order valence-corrected chi connectivity index (χ4v) is 4.39. The van der Waals surface area contributed by atoms with E-state index < -0.39 is 5.97 Å². The third-order valence-corrected chi connectivity index (χ3v) is 5.41. The summed E-state index contributed by atoms with van der Waals surface area (Å²) in [6, 6.07) is 0. The van der Waals surface area contributed by atoms with Gasteiger partial charge in [-0.1, -0.05) is 0 Å². The Bertz CT molecular complexity index is 557. The highest BCUT2D eigenvalue weighted by Crippen LogP contribution is 2.43. The van der Waals surface area contributed by atoms with Crippen LogP contribution < -0.4 is 0 Å². The van der Waals surface area contributed by atoms with Crippen molar-refractivity contribution in [2.24, 2.45) is 0 Å². The molecule has 0 radical (unpaired) electrons. The summed E-state index contributed by atoms with van der Waals surface area (Å²) in [5.74, 6) is 0.00390. The van der Waals surface area contributed by atoms with E-state index in [2.05, 4.69) is 15.4 Å². The van der Waals surface area contributed by atoms with Crippen molar-refractivity contribution in [3.05, 3.63) is 22.5 Å². The quantitative estimate of drug-likeness (QED) is 0.787. The molecule has 100 valence electrons. The van der Waals surface area contributed by atoms with Crippen LogP contribution in [0.2, 0.25) is 0 Å². The zero-order chi connectivity index (χ0) is 13.4. The summed E-state index contributed by atoms with van der Waals surface area (Å²) in [6.07, 6.45) is 2.03. The third-order valence-electron chi connectivity index (χ3n) is 2.88. The molecule has 0 spiro atoms. The Hall–Kier alpha value is -1.48. The Morgan fingerprint density at radius 3 is 3.16 bits per heavy atom. The number of rotatable bonds is 4.